The molecule has 5 heteroatoms. The molecule has 1 atom stereocenters. The number of amides is 3. The Morgan fingerprint density at radius 2 is 2.12 bits per heavy atom. The molecule has 0 saturated carbocycles. The largest absolute Gasteiger partial charge is 0.322 e. The maximum Gasteiger partial charge on any atom is 0.322 e. The summed E-state index contributed by atoms with van der Waals surface area (Å²) in [4.78, 5) is 23.1. The first kappa shape index (κ1) is 9.66. The lowest BCUT2D eigenvalue weighted by molar-refractivity contribution is -0.124. The minimum absolute atomic E-state index is 0.279. The van der Waals surface area contributed by atoms with Crippen LogP contribution in [0, 0.1) is 0 Å². The third-order valence-corrected chi connectivity index (χ3v) is 3.62. The second-order valence-electron chi connectivity index (χ2n) is 4.08. The maximum atomic E-state index is 11.8. The molecular weight excluding hydrogens is 228 g/mol. The van der Waals surface area contributed by atoms with Gasteiger partial charge in [0.15, 0.2) is 0 Å². The molecule has 1 spiro atoms. The van der Waals surface area contributed by atoms with Crippen LogP contribution in [0.15, 0.2) is 18.2 Å². The van der Waals surface area contributed by atoms with Crippen LogP contribution >= 0.6 is 11.6 Å². The van der Waals surface area contributed by atoms with Crippen LogP contribution in [0.2, 0.25) is 5.02 Å². The Bertz CT molecular complexity index is 515. The van der Waals surface area contributed by atoms with Crippen molar-refractivity contribution in [2.24, 2.45) is 0 Å². The van der Waals surface area contributed by atoms with E-state index in [0.29, 0.717) is 17.9 Å². The number of nitrogens with one attached hydrogen (secondary N) is 2. The molecule has 1 heterocycles. The SMILES string of the molecule is O=C1NC(=O)[C@@]2(CCc3c(Cl)cccc32)N1. The van der Waals surface area contributed by atoms with E-state index in [1.165, 1.54) is 0 Å². The van der Waals surface area contributed by atoms with Gasteiger partial charge in [0.05, 0.1) is 0 Å². The first-order valence-corrected chi connectivity index (χ1v) is 5.43. The van der Waals surface area contributed by atoms with Gasteiger partial charge in [0.1, 0.15) is 5.54 Å². The lowest BCUT2D eigenvalue weighted by atomic mass is 9.92. The van der Waals surface area contributed by atoms with Crippen LogP contribution in [0.5, 0.6) is 0 Å². The van der Waals surface area contributed by atoms with Gasteiger partial charge in [-0.2, -0.15) is 0 Å². The van der Waals surface area contributed by atoms with Crippen molar-refractivity contribution in [1.29, 1.82) is 0 Å². The van der Waals surface area contributed by atoms with Crippen LogP contribution in [-0.4, -0.2) is 11.9 Å². The van der Waals surface area contributed by atoms with Gasteiger partial charge in [0.2, 0.25) is 0 Å². The van der Waals surface area contributed by atoms with E-state index in [1.807, 2.05) is 6.07 Å². The van der Waals surface area contributed by atoms with Crippen molar-refractivity contribution in [3.63, 3.8) is 0 Å². The van der Waals surface area contributed by atoms with E-state index >= 15 is 0 Å². The minimum Gasteiger partial charge on any atom is -0.319 e. The number of carbonyl (C=O) groups is 2. The van der Waals surface area contributed by atoms with Crippen molar-refractivity contribution in [3.05, 3.63) is 34.3 Å². The van der Waals surface area contributed by atoms with E-state index in [9.17, 15) is 9.59 Å². The van der Waals surface area contributed by atoms with E-state index < -0.39 is 11.6 Å². The fourth-order valence-electron chi connectivity index (χ4n) is 2.52. The molecule has 0 bridgehead atoms. The quantitative estimate of drug-likeness (QED) is 0.668. The van der Waals surface area contributed by atoms with Crippen molar-refractivity contribution in [2.45, 2.75) is 18.4 Å². The lowest BCUT2D eigenvalue weighted by Crippen LogP contribution is -2.41. The fraction of sp³-hybridized carbons (Fsp3) is 0.273. The first-order chi connectivity index (χ1) is 7.63. The predicted molar refractivity (Wildman–Crippen MR) is 58.1 cm³/mol. The van der Waals surface area contributed by atoms with Crippen molar-refractivity contribution >= 4 is 23.5 Å². The van der Waals surface area contributed by atoms with Crippen molar-refractivity contribution < 1.29 is 9.59 Å². The van der Waals surface area contributed by atoms with Gasteiger partial charge in [0.25, 0.3) is 5.91 Å². The molecule has 82 valence electrons. The second-order valence-corrected chi connectivity index (χ2v) is 4.49. The minimum atomic E-state index is -0.892. The Hall–Kier alpha value is -1.55. The summed E-state index contributed by atoms with van der Waals surface area (Å²) in [6, 6.07) is 5.01. The number of benzene rings is 1. The Morgan fingerprint density at radius 1 is 1.31 bits per heavy atom. The molecule has 0 unspecified atom stereocenters. The highest BCUT2D eigenvalue weighted by atomic mass is 35.5. The molecule has 2 aliphatic rings. The molecule has 1 aliphatic heterocycles. The van der Waals surface area contributed by atoms with Gasteiger partial charge in [-0.3, -0.25) is 10.1 Å². The average Bonchev–Trinajstić information content (AvgIpc) is 2.72. The zero-order valence-corrected chi connectivity index (χ0v) is 9.10. The van der Waals surface area contributed by atoms with Crippen LogP contribution in [0.3, 0.4) is 0 Å². The Labute approximate surface area is 97.0 Å². The van der Waals surface area contributed by atoms with E-state index in [1.54, 1.807) is 12.1 Å². The summed E-state index contributed by atoms with van der Waals surface area (Å²) < 4.78 is 0. The lowest BCUT2D eigenvalue weighted by Gasteiger charge is -2.20. The molecule has 1 aromatic rings. The van der Waals surface area contributed by atoms with E-state index in [0.717, 1.165) is 11.1 Å². The Kier molecular flexibility index (Phi) is 1.80. The zero-order chi connectivity index (χ0) is 11.3. The molecule has 1 aliphatic carbocycles. The summed E-state index contributed by atoms with van der Waals surface area (Å²) >= 11 is 6.07. The Balaban J connectivity index is 2.19. The fourth-order valence-corrected chi connectivity index (χ4v) is 2.79. The molecule has 4 nitrogen and oxygen atoms in total. The highest BCUT2D eigenvalue weighted by molar-refractivity contribution is 6.31. The molecule has 1 aromatic carbocycles. The molecular formula is C11H9ClN2O2. The summed E-state index contributed by atoms with van der Waals surface area (Å²) in [7, 11) is 0. The summed E-state index contributed by atoms with van der Waals surface area (Å²) in [5.41, 5.74) is 0.891. The normalized spacial score (nSPS) is 26.8. The smallest absolute Gasteiger partial charge is 0.319 e. The van der Waals surface area contributed by atoms with Crippen molar-refractivity contribution in [3.8, 4) is 0 Å². The third-order valence-electron chi connectivity index (χ3n) is 3.27. The predicted octanol–water partition coefficient (Wildman–Crippen LogP) is 1.32. The molecule has 0 aromatic heterocycles. The number of halogens is 1. The van der Waals surface area contributed by atoms with Crippen LogP contribution in [0.25, 0.3) is 0 Å². The zero-order valence-electron chi connectivity index (χ0n) is 8.34. The molecule has 3 amide bonds. The monoisotopic (exact) mass is 236 g/mol. The van der Waals surface area contributed by atoms with E-state index in [2.05, 4.69) is 10.6 Å². The van der Waals surface area contributed by atoms with E-state index in [-0.39, 0.29) is 5.91 Å². The van der Waals surface area contributed by atoms with Crippen molar-refractivity contribution in [1.82, 2.24) is 10.6 Å². The standard InChI is InChI=1S/C11H9ClN2O2/c12-8-3-1-2-7-6(8)4-5-11(7)9(15)13-10(16)14-11/h1-3H,4-5H2,(H2,13,14,15,16)/t11-/m0/s1. The number of rotatable bonds is 0. The van der Waals surface area contributed by atoms with Gasteiger partial charge < -0.3 is 5.32 Å². The van der Waals surface area contributed by atoms with Crippen LogP contribution < -0.4 is 10.6 Å². The second kappa shape index (κ2) is 2.98. The van der Waals surface area contributed by atoms with Gasteiger partial charge in [-0.15, -0.1) is 0 Å². The van der Waals surface area contributed by atoms with Gasteiger partial charge >= 0.3 is 6.03 Å². The number of hydrogen-bond donors (Lipinski definition) is 2. The molecule has 3 rings (SSSR count). The molecule has 1 fully saturated rings. The van der Waals surface area contributed by atoms with Gasteiger partial charge in [-0.25, -0.2) is 4.79 Å². The number of fused-ring (bicyclic) bond motifs is 2. The highest BCUT2D eigenvalue weighted by Gasteiger charge is 2.51. The third kappa shape index (κ3) is 1.05. The topological polar surface area (TPSA) is 58.2 Å². The summed E-state index contributed by atoms with van der Waals surface area (Å²) in [5.74, 6) is -0.279. The molecule has 16 heavy (non-hydrogen) atoms. The summed E-state index contributed by atoms with van der Waals surface area (Å²) in [6.07, 6.45) is 1.28. The molecule has 0 radical (unpaired) electrons. The highest BCUT2D eigenvalue weighted by Crippen LogP contribution is 2.41. The van der Waals surface area contributed by atoms with Crippen LogP contribution in [0.4, 0.5) is 4.79 Å². The maximum absolute atomic E-state index is 11.8. The Morgan fingerprint density at radius 3 is 2.81 bits per heavy atom. The van der Waals surface area contributed by atoms with Gasteiger partial charge in [-0.1, -0.05) is 23.7 Å². The molecule has 1 saturated heterocycles. The summed E-state index contributed by atoms with van der Waals surface area (Å²) in [5, 5.41) is 5.64. The van der Waals surface area contributed by atoms with Gasteiger partial charge in [0, 0.05) is 5.02 Å². The van der Waals surface area contributed by atoms with Crippen LogP contribution in [-0.2, 0) is 16.8 Å². The first-order valence-electron chi connectivity index (χ1n) is 5.05. The van der Waals surface area contributed by atoms with Crippen LogP contribution in [0.1, 0.15) is 17.5 Å². The average molecular weight is 237 g/mol. The summed E-state index contributed by atoms with van der Waals surface area (Å²) in [6.45, 7) is 0. The van der Waals surface area contributed by atoms with Gasteiger partial charge in [-0.05, 0) is 30.0 Å². The molecule has 2 N–H and O–H groups in total. The number of imide groups is 1. The number of hydrogen-bond acceptors (Lipinski definition) is 2. The van der Waals surface area contributed by atoms with E-state index in [4.69, 9.17) is 11.6 Å². The number of carbonyl (C=O) groups excluding carboxylic acids is 2. The van der Waals surface area contributed by atoms with Crippen molar-refractivity contribution in [2.75, 3.05) is 0 Å². The number of urea groups is 1.